The van der Waals surface area contributed by atoms with Gasteiger partial charge in [-0.25, -0.2) is 0 Å². The van der Waals surface area contributed by atoms with Crippen molar-refractivity contribution >= 4 is 17.5 Å². The second-order valence-corrected chi connectivity index (χ2v) is 5.08. The van der Waals surface area contributed by atoms with Crippen LogP contribution in [0.4, 0.5) is 0 Å². The molecule has 0 spiro atoms. The van der Waals surface area contributed by atoms with Crippen LogP contribution in [-0.4, -0.2) is 18.3 Å². The molecular weight excluding hydrogens is 198 g/mol. The Morgan fingerprint density at radius 1 is 1.43 bits per heavy atom. The van der Waals surface area contributed by atoms with E-state index in [0.29, 0.717) is 17.7 Å². The van der Waals surface area contributed by atoms with E-state index < -0.39 is 0 Å². The molecule has 0 aromatic heterocycles. The van der Waals surface area contributed by atoms with Crippen LogP contribution >= 0.6 is 11.6 Å². The van der Waals surface area contributed by atoms with E-state index in [4.69, 9.17) is 11.6 Å². The van der Waals surface area contributed by atoms with Gasteiger partial charge < -0.3 is 5.32 Å². The molecule has 1 amide bonds. The molecule has 0 aromatic rings. The van der Waals surface area contributed by atoms with Gasteiger partial charge in [0.25, 0.3) is 0 Å². The highest BCUT2D eigenvalue weighted by Crippen LogP contribution is 2.60. The fourth-order valence-corrected chi connectivity index (χ4v) is 2.31. The van der Waals surface area contributed by atoms with Gasteiger partial charge in [0.1, 0.15) is 0 Å². The highest BCUT2D eigenvalue weighted by molar-refractivity contribution is 6.17. The molecule has 2 aliphatic carbocycles. The molecule has 0 bridgehead atoms. The largest absolute Gasteiger partial charge is 0.356 e. The molecule has 14 heavy (non-hydrogen) atoms. The minimum Gasteiger partial charge on any atom is -0.356 e. The highest BCUT2D eigenvalue weighted by atomic mass is 35.5. The van der Waals surface area contributed by atoms with Crippen LogP contribution in [0.1, 0.15) is 38.5 Å². The minimum atomic E-state index is 0.178. The van der Waals surface area contributed by atoms with Gasteiger partial charge in [-0.3, -0.25) is 4.79 Å². The zero-order chi connectivity index (χ0) is 10.0. The summed E-state index contributed by atoms with van der Waals surface area (Å²) in [7, 11) is 0. The summed E-state index contributed by atoms with van der Waals surface area (Å²) in [6, 6.07) is 0. The predicted octanol–water partition coefficient (Wildman–Crippen LogP) is 2.31. The van der Waals surface area contributed by atoms with E-state index in [0.717, 1.165) is 18.9 Å². The maximum atomic E-state index is 11.3. The Morgan fingerprint density at radius 2 is 2.14 bits per heavy atom. The van der Waals surface area contributed by atoms with Crippen LogP contribution in [0.5, 0.6) is 0 Å². The summed E-state index contributed by atoms with van der Waals surface area (Å²) in [5.41, 5.74) is 0.524. The Hall–Kier alpha value is -0.240. The zero-order valence-electron chi connectivity index (χ0n) is 8.52. The average Bonchev–Trinajstić information content (AvgIpc) is 3.03. The molecule has 0 aliphatic heterocycles. The molecule has 2 nitrogen and oxygen atoms in total. The van der Waals surface area contributed by atoms with Crippen molar-refractivity contribution in [1.82, 2.24) is 5.32 Å². The molecular formula is C11H18ClNO. The fraction of sp³-hybridized carbons (Fsp3) is 0.909. The summed E-state index contributed by atoms with van der Waals surface area (Å²) in [5.74, 6) is 1.69. The number of amides is 1. The molecule has 0 aromatic carbocycles. The lowest BCUT2D eigenvalue weighted by Gasteiger charge is -2.14. The standard InChI is InChI=1S/C11H18ClNO/c12-7-1-2-10(14)13-8-11(5-6-11)9-3-4-9/h9H,1-8H2,(H,13,14). The first-order valence-corrected chi connectivity index (χ1v) is 6.13. The number of hydrogen-bond donors (Lipinski definition) is 1. The lowest BCUT2D eigenvalue weighted by Crippen LogP contribution is -2.31. The third-order valence-corrected chi connectivity index (χ3v) is 3.78. The topological polar surface area (TPSA) is 29.1 Å². The van der Waals surface area contributed by atoms with E-state index in [1.165, 1.54) is 25.7 Å². The number of rotatable bonds is 6. The summed E-state index contributed by atoms with van der Waals surface area (Å²) < 4.78 is 0. The Labute approximate surface area is 90.4 Å². The van der Waals surface area contributed by atoms with Crippen molar-refractivity contribution in [3.05, 3.63) is 0 Å². The minimum absolute atomic E-state index is 0.178. The smallest absolute Gasteiger partial charge is 0.220 e. The molecule has 2 aliphatic rings. The number of carbonyl (C=O) groups is 1. The Kier molecular flexibility index (Phi) is 3.01. The normalized spacial score (nSPS) is 23.2. The maximum absolute atomic E-state index is 11.3. The van der Waals surface area contributed by atoms with Crippen molar-refractivity contribution in [2.24, 2.45) is 11.3 Å². The van der Waals surface area contributed by atoms with Crippen LogP contribution in [0.15, 0.2) is 0 Å². The van der Waals surface area contributed by atoms with Gasteiger partial charge in [0.05, 0.1) is 0 Å². The lowest BCUT2D eigenvalue weighted by atomic mass is 10.0. The number of alkyl halides is 1. The van der Waals surface area contributed by atoms with Crippen LogP contribution < -0.4 is 5.32 Å². The molecule has 1 N–H and O–H groups in total. The summed E-state index contributed by atoms with van der Waals surface area (Å²) in [6.45, 7) is 0.915. The Balaban J connectivity index is 1.64. The Bertz CT molecular complexity index is 221. The SMILES string of the molecule is O=C(CCCCl)NCC1(C2CC2)CC1. The van der Waals surface area contributed by atoms with E-state index >= 15 is 0 Å². The first-order valence-electron chi connectivity index (χ1n) is 5.59. The molecule has 0 heterocycles. The van der Waals surface area contributed by atoms with Crippen LogP contribution in [0, 0.1) is 11.3 Å². The second kappa shape index (κ2) is 4.09. The van der Waals surface area contributed by atoms with Crippen molar-refractivity contribution in [2.75, 3.05) is 12.4 Å². The Morgan fingerprint density at radius 3 is 2.64 bits per heavy atom. The van der Waals surface area contributed by atoms with E-state index in [2.05, 4.69) is 5.32 Å². The quantitative estimate of drug-likeness (QED) is 0.677. The van der Waals surface area contributed by atoms with Crippen molar-refractivity contribution < 1.29 is 4.79 Å². The molecule has 80 valence electrons. The van der Waals surface area contributed by atoms with Crippen LogP contribution in [0.3, 0.4) is 0 Å². The first-order chi connectivity index (χ1) is 6.77. The van der Waals surface area contributed by atoms with Gasteiger partial charge in [0, 0.05) is 18.8 Å². The monoisotopic (exact) mass is 215 g/mol. The van der Waals surface area contributed by atoms with Crippen LogP contribution in [0.25, 0.3) is 0 Å². The first kappa shape index (κ1) is 10.3. The van der Waals surface area contributed by atoms with Gasteiger partial charge in [-0.1, -0.05) is 0 Å². The summed E-state index contributed by atoms with van der Waals surface area (Å²) in [4.78, 5) is 11.3. The van der Waals surface area contributed by atoms with Crippen molar-refractivity contribution in [3.8, 4) is 0 Å². The molecule has 0 unspecified atom stereocenters. The highest BCUT2D eigenvalue weighted by Gasteiger charge is 2.53. The zero-order valence-corrected chi connectivity index (χ0v) is 9.28. The van der Waals surface area contributed by atoms with Crippen LogP contribution in [-0.2, 0) is 4.79 Å². The van der Waals surface area contributed by atoms with Crippen molar-refractivity contribution in [3.63, 3.8) is 0 Å². The maximum Gasteiger partial charge on any atom is 0.220 e. The van der Waals surface area contributed by atoms with E-state index in [-0.39, 0.29) is 5.91 Å². The number of nitrogens with one attached hydrogen (secondary N) is 1. The lowest BCUT2D eigenvalue weighted by molar-refractivity contribution is -0.121. The summed E-state index contributed by atoms with van der Waals surface area (Å²) in [6.07, 6.45) is 6.81. The number of hydrogen-bond acceptors (Lipinski definition) is 1. The molecule has 3 heteroatoms. The molecule has 0 atom stereocenters. The molecule has 2 saturated carbocycles. The predicted molar refractivity (Wildman–Crippen MR) is 57.4 cm³/mol. The van der Waals surface area contributed by atoms with Gasteiger partial charge in [0.2, 0.25) is 5.91 Å². The molecule has 0 radical (unpaired) electrons. The number of carbonyl (C=O) groups excluding carboxylic acids is 1. The van der Waals surface area contributed by atoms with Gasteiger partial charge in [-0.2, -0.15) is 0 Å². The van der Waals surface area contributed by atoms with Gasteiger partial charge in [-0.15, -0.1) is 11.6 Å². The third-order valence-electron chi connectivity index (χ3n) is 3.51. The molecule has 2 rings (SSSR count). The third kappa shape index (κ3) is 2.41. The molecule has 0 saturated heterocycles. The average molecular weight is 216 g/mol. The van der Waals surface area contributed by atoms with E-state index in [9.17, 15) is 4.79 Å². The second-order valence-electron chi connectivity index (χ2n) is 4.71. The van der Waals surface area contributed by atoms with E-state index in [1.54, 1.807) is 0 Å². The molecule has 2 fully saturated rings. The summed E-state index contributed by atoms with van der Waals surface area (Å²) >= 11 is 5.53. The van der Waals surface area contributed by atoms with Gasteiger partial charge >= 0.3 is 0 Å². The fourth-order valence-electron chi connectivity index (χ4n) is 2.18. The van der Waals surface area contributed by atoms with Crippen LogP contribution in [0.2, 0.25) is 0 Å². The number of halogens is 1. The van der Waals surface area contributed by atoms with Crippen molar-refractivity contribution in [2.45, 2.75) is 38.5 Å². The van der Waals surface area contributed by atoms with E-state index in [1.807, 2.05) is 0 Å². The van der Waals surface area contributed by atoms with Crippen molar-refractivity contribution in [1.29, 1.82) is 0 Å². The van der Waals surface area contributed by atoms with Gasteiger partial charge in [-0.05, 0) is 43.4 Å². The summed E-state index contributed by atoms with van der Waals surface area (Å²) in [5, 5.41) is 3.04. The van der Waals surface area contributed by atoms with Gasteiger partial charge in [0.15, 0.2) is 0 Å².